The van der Waals surface area contributed by atoms with Crippen molar-refractivity contribution in [3.63, 3.8) is 0 Å². The van der Waals surface area contributed by atoms with Gasteiger partial charge in [0.2, 0.25) is 0 Å². The molecular weight excluding hydrogens is 339 g/mol. The predicted octanol–water partition coefficient (Wildman–Crippen LogP) is 3.89. The van der Waals surface area contributed by atoms with Crippen LogP contribution in [-0.4, -0.2) is 36.5 Å². The highest BCUT2D eigenvalue weighted by molar-refractivity contribution is 7.10. The molecule has 0 bridgehead atoms. The predicted molar refractivity (Wildman–Crippen MR) is 92.9 cm³/mol. The summed E-state index contributed by atoms with van der Waals surface area (Å²) >= 11 is 13.3. The zero-order valence-electron chi connectivity index (χ0n) is 12.4. The molecule has 0 spiro atoms. The van der Waals surface area contributed by atoms with Crippen LogP contribution >= 0.6 is 34.7 Å². The average Bonchev–Trinajstić information content (AvgIpc) is 2.84. The fraction of sp³-hybridized carbons (Fsp3) is 0.333. The Labute approximate surface area is 144 Å². The number of aromatic nitrogens is 1. The summed E-state index contributed by atoms with van der Waals surface area (Å²) < 4.78 is 4.10. The van der Waals surface area contributed by atoms with E-state index in [1.54, 1.807) is 0 Å². The molecule has 0 aliphatic heterocycles. The Hall–Kier alpha value is -1.32. The van der Waals surface area contributed by atoms with E-state index in [2.05, 4.69) is 20.2 Å². The minimum absolute atomic E-state index is 0.267. The highest BCUT2D eigenvalue weighted by Gasteiger charge is 2.18. The van der Waals surface area contributed by atoms with Gasteiger partial charge in [0.1, 0.15) is 16.6 Å². The second-order valence-corrected chi connectivity index (χ2v) is 6.67. The van der Waals surface area contributed by atoms with Crippen molar-refractivity contribution in [1.82, 2.24) is 9.27 Å². The number of likely N-dealkylation sites (N-methyl/N-ethyl adjacent to an activating group) is 1. The monoisotopic (exact) mass is 354 g/mol. The Morgan fingerprint density at radius 2 is 2.05 bits per heavy atom. The van der Waals surface area contributed by atoms with E-state index in [1.807, 2.05) is 38.4 Å². The van der Waals surface area contributed by atoms with Gasteiger partial charge < -0.3 is 9.80 Å². The number of rotatable bonds is 6. The minimum Gasteiger partial charge on any atom is -0.355 e. The lowest BCUT2D eigenvalue weighted by Crippen LogP contribution is -2.31. The van der Waals surface area contributed by atoms with Gasteiger partial charge in [-0.25, -0.2) is 0 Å². The summed E-state index contributed by atoms with van der Waals surface area (Å²) in [6, 6.07) is 9.86. The van der Waals surface area contributed by atoms with Crippen LogP contribution in [0.25, 0.3) is 0 Å². The quantitative estimate of drug-likeness (QED) is 0.789. The van der Waals surface area contributed by atoms with E-state index in [4.69, 9.17) is 23.2 Å². The van der Waals surface area contributed by atoms with E-state index in [0.29, 0.717) is 17.1 Å². The molecule has 0 saturated carbocycles. The largest absolute Gasteiger partial charge is 0.355 e. The van der Waals surface area contributed by atoms with Crippen molar-refractivity contribution in [2.24, 2.45) is 0 Å². The van der Waals surface area contributed by atoms with Gasteiger partial charge in [0.05, 0.1) is 0 Å². The van der Waals surface area contributed by atoms with Crippen LogP contribution in [0.2, 0.25) is 10.2 Å². The van der Waals surface area contributed by atoms with E-state index in [9.17, 15) is 5.26 Å². The molecule has 0 aliphatic rings. The number of anilines is 1. The summed E-state index contributed by atoms with van der Waals surface area (Å²) in [7, 11) is 4.03. The molecule has 0 N–H and O–H groups in total. The van der Waals surface area contributed by atoms with Crippen LogP contribution in [0.1, 0.15) is 11.1 Å². The van der Waals surface area contributed by atoms with Gasteiger partial charge in [-0.3, -0.25) is 0 Å². The van der Waals surface area contributed by atoms with Crippen molar-refractivity contribution in [3.05, 3.63) is 45.6 Å². The number of benzene rings is 1. The van der Waals surface area contributed by atoms with E-state index in [1.165, 1.54) is 11.5 Å². The molecule has 0 amide bonds. The SMILES string of the molecule is CN(C)CCN(Cc1cccc(Cl)c1)c1snc(Cl)c1C#N. The minimum atomic E-state index is 0.267. The lowest BCUT2D eigenvalue weighted by atomic mass is 10.2. The molecule has 0 aliphatic carbocycles. The Bertz CT molecular complexity index is 678. The van der Waals surface area contributed by atoms with Gasteiger partial charge >= 0.3 is 0 Å². The molecule has 1 aromatic carbocycles. The lowest BCUT2D eigenvalue weighted by Gasteiger charge is -2.25. The molecule has 7 heteroatoms. The van der Waals surface area contributed by atoms with Gasteiger partial charge in [-0.2, -0.15) is 9.64 Å². The number of hydrogen-bond acceptors (Lipinski definition) is 5. The second kappa shape index (κ2) is 7.80. The first-order valence-electron chi connectivity index (χ1n) is 6.70. The van der Waals surface area contributed by atoms with Crippen molar-refractivity contribution < 1.29 is 0 Å². The summed E-state index contributed by atoms with van der Waals surface area (Å²) in [6.45, 7) is 2.29. The molecule has 0 radical (unpaired) electrons. The molecule has 1 heterocycles. The number of hydrogen-bond donors (Lipinski definition) is 0. The molecular formula is C15H16Cl2N4S. The normalized spacial score (nSPS) is 10.7. The van der Waals surface area contributed by atoms with Crippen molar-refractivity contribution in [1.29, 1.82) is 5.26 Å². The van der Waals surface area contributed by atoms with Crippen LogP contribution in [0.5, 0.6) is 0 Å². The van der Waals surface area contributed by atoms with Gasteiger partial charge in [0.25, 0.3) is 0 Å². The first kappa shape index (κ1) is 17.0. The van der Waals surface area contributed by atoms with Gasteiger partial charge in [0, 0.05) is 24.7 Å². The maximum atomic E-state index is 9.30. The van der Waals surface area contributed by atoms with Crippen molar-refractivity contribution in [2.45, 2.75) is 6.54 Å². The number of nitrogens with zero attached hydrogens (tertiary/aromatic N) is 4. The van der Waals surface area contributed by atoms with Gasteiger partial charge in [-0.05, 0) is 43.3 Å². The molecule has 0 unspecified atom stereocenters. The maximum Gasteiger partial charge on any atom is 0.162 e. The highest BCUT2D eigenvalue weighted by Crippen LogP contribution is 2.32. The van der Waals surface area contributed by atoms with E-state index >= 15 is 0 Å². The first-order valence-corrected chi connectivity index (χ1v) is 8.23. The topological polar surface area (TPSA) is 43.2 Å². The fourth-order valence-corrected chi connectivity index (χ4v) is 3.27. The van der Waals surface area contributed by atoms with Crippen molar-refractivity contribution in [2.75, 3.05) is 32.1 Å². The third-order valence-electron chi connectivity index (χ3n) is 3.11. The third-order valence-corrected chi connectivity index (χ3v) is 4.63. The van der Waals surface area contributed by atoms with Crippen LogP contribution in [0.3, 0.4) is 0 Å². The molecule has 22 heavy (non-hydrogen) atoms. The number of halogens is 2. The molecule has 116 valence electrons. The first-order chi connectivity index (χ1) is 10.5. The Kier molecular flexibility index (Phi) is 6.04. The average molecular weight is 355 g/mol. The standard InChI is InChI=1S/C15H16Cl2N4S/c1-20(2)6-7-21(10-11-4-3-5-12(16)8-11)15-13(9-18)14(17)19-22-15/h3-5,8H,6-7,10H2,1-2H3. The van der Waals surface area contributed by atoms with Gasteiger partial charge in [0.15, 0.2) is 5.15 Å². The summed E-state index contributed by atoms with van der Waals surface area (Å²) in [5.74, 6) is 0. The van der Waals surface area contributed by atoms with Gasteiger partial charge in [-0.15, -0.1) is 0 Å². The van der Waals surface area contributed by atoms with Crippen molar-refractivity contribution >= 4 is 39.7 Å². The van der Waals surface area contributed by atoms with Crippen LogP contribution in [0.4, 0.5) is 5.00 Å². The zero-order valence-corrected chi connectivity index (χ0v) is 14.7. The Morgan fingerprint density at radius 1 is 1.27 bits per heavy atom. The number of nitriles is 1. The molecule has 1 aromatic heterocycles. The van der Waals surface area contributed by atoms with E-state index < -0.39 is 0 Å². The maximum absolute atomic E-state index is 9.30. The zero-order chi connectivity index (χ0) is 16.1. The Balaban J connectivity index is 2.28. The van der Waals surface area contributed by atoms with Crippen LogP contribution in [0.15, 0.2) is 24.3 Å². The smallest absolute Gasteiger partial charge is 0.162 e. The lowest BCUT2D eigenvalue weighted by molar-refractivity contribution is 0.413. The molecule has 0 fully saturated rings. The van der Waals surface area contributed by atoms with Crippen LogP contribution in [-0.2, 0) is 6.54 Å². The second-order valence-electron chi connectivity index (χ2n) is 5.12. The third kappa shape index (κ3) is 4.34. The summed E-state index contributed by atoms with van der Waals surface area (Å²) in [5.41, 5.74) is 1.52. The molecule has 4 nitrogen and oxygen atoms in total. The molecule has 2 rings (SSSR count). The molecule has 2 aromatic rings. The summed E-state index contributed by atoms with van der Waals surface area (Å²) in [4.78, 5) is 4.22. The van der Waals surface area contributed by atoms with Crippen LogP contribution < -0.4 is 4.90 Å². The van der Waals surface area contributed by atoms with Gasteiger partial charge in [-0.1, -0.05) is 35.3 Å². The molecule has 0 atom stereocenters. The summed E-state index contributed by atoms with van der Waals surface area (Å²) in [5, 5.41) is 11.1. The fourth-order valence-electron chi connectivity index (χ4n) is 2.00. The molecule has 0 saturated heterocycles. The summed E-state index contributed by atoms with van der Waals surface area (Å²) in [6.07, 6.45) is 0. The highest BCUT2D eigenvalue weighted by atomic mass is 35.5. The van der Waals surface area contributed by atoms with Crippen molar-refractivity contribution in [3.8, 4) is 6.07 Å². The Morgan fingerprint density at radius 3 is 2.68 bits per heavy atom. The van der Waals surface area contributed by atoms with E-state index in [-0.39, 0.29) is 5.15 Å². The van der Waals surface area contributed by atoms with E-state index in [0.717, 1.165) is 23.7 Å². The van der Waals surface area contributed by atoms with Crippen LogP contribution in [0, 0.1) is 11.3 Å².